The molecule has 0 aliphatic heterocycles. The number of aryl methyl sites for hydroxylation is 1. The van der Waals surface area contributed by atoms with Crippen LogP contribution < -0.4 is 0 Å². The molecule has 0 saturated heterocycles. The fourth-order valence-corrected chi connectivity index (χ4v) is 3.84. The van der Waals surface area contributed by atoms with E-state index in [2.05, 4.69) is 21.7 Å². The molecule has 2 heterocycles. The lowest BCUT2D eigenvalue weighted by molar-refractivity contribution is 0.534. The zero-order valence-electron chi connectivity index (χ0n) is 12.7. The minimum Gasteiger partial charge on any atom is -0.469 e. The lowest BCUT2D eigenvalue weighted by atomic mass is 10.2. The van der Waals surface area contributed by atoms with Crippen LogP contribution in [0.2, 0.25) is 10.0 Å². The van der Waals surface area contributed by atoms with Crippen molar-refractivity contribution < 1.29 is 4.42 Å². The largest absolute Gasteiger partial charge is 0.469 e. The molecule has 0 fully saturated rings. The Bertz CT molecular complexity index is 829. The summed E-state index contributed by atoms with van der Waals surface area (Å²) in [5.41, 5.74) is 1.99. The van der Waals surface area contributed by atoms with Gasteiger partial charge in [0.2, 0.25) is 0 Å². The van der Waals surface area contributed by atoms with Gasteiger partial charge in [0, 0.05) is 22.3 Å². The second kappa shape index (κ2) is 6.99. The zero-order chi connectivity index (χ0) is 16.4. The summed E-state index contributed by atoms with van der Waals surface area (Å²) in [5.74, 6) is 2.37. The summed E-state index contributed by atoms with van der Waals surface area (Å²) in [6.07, 6.45) is 1.67. The number of aromatic nitrogens is 3. The van der Waals surface area contributed by atoms with Gasteiger partial charge >= 0.3 is 0 Å². The van der Waals surface area contributed by atoms with Crippen LogP contribution in [0.4, 0.5) is 0 Å². The highest BCUT2D eigenvalue weighted by Crippen LogP contribution is 2.31. The highest BCUT2D eigenvalue weighted by Gasteiger charge is 2.16. The zero-order valence-corrected chi connectivity index (χ0v) is 15.0. The highest BCUT2D eigenvalue weighted by atomic mass is 35.5. The predicted octanol–water partition coefficient (Wildman–Crippen LogP) is 5.47. The molecule has 0 saturated carbocycles. The molecule has 2 aromatic heterocycles. The third kappa shape index (κ3) is 3.42. The Morgan fingerprint density at radius 1 is 1.22 bits per heavy atom. The van der Waals surface area contributed by atoms with E-state index in [-0.39, 0.29) is 0 Å². The number of hydrogen-bond donors (Lipinski definition) is 0. The van der Waals surface area contributed by atoms with Crippen molar-refractivity contribution in [3.63, 3.8) is 0 Å². The van der Waals surface area contributed by atoms with Crippen molar-refractivity contribution in [3.8, 4) is 11.4 Å². The third-order valence-electron chi connectivity index (χ3n) is 3.50. The van der Waals surface area contributed by atoms with Crippen molar-refractivity contribution >= 4 is 35.0 Å². The first kappa shape index (κ1) is 16.4. The van der Waals surface area contributed by atoms with Crippen LogP contribution in [0.25, 0.3) is 11.4 Å². The summed E-state index contributed by atoms with van der Waals surface area (Å²) in [5, 5.41) is 10.8. The van der Waals surface area contributed by atoms with Gasteiger partial charge in [0.15, 0.2) is 11.0 Å². The Morgan fingerprint density at radius 2 is 2.04 bits per heavy atom. The molecule has 0 radical (unpaired) electrons. The minimum atomic E-state index is 0.637. The van der Waals surface area contributed by atoms with E-state index in [1.54, 1.807) is 24.1 Å². The number of halogens is 2. The first-order valence-corrected chi connectivity index (χ1v) is 8.88. The number of benzene rings is 1. The maximum Gasteiger partial charge on any atom is 0.191 e. The molecule has 0 aliphatic rings. The summed E-state index contributed by atoms with van der Waals surface area (Å²) >= 11 is 13.8. The van der Waals surface area contributed by atoms with E-state index in [1.807, 2.05) is 25.1 Å². The van der Waals surface area contributed by atoms with E-state index in [9.17, 15) is 0 Å². The van der Waals surface area contributed by atoms with Crippen molar-refractivity contribution in [2.24, 2.45) is 0 Å². The lowest BCUT2D eigenvalue weighted by Gasteiger charge is -2.07. The minimum absolute atomic E-state index is 0.637. The average molecular weight is 368 g/mol. The van der Waals surface area contributed by atoms with Gasteiger partial charge in [-0.05, 0) is 37.6 Å². The Morgan fingerprint density at radius 3 is 2.70 bits per heavy atom. The topological polar surface area (TPSA) is 43.9 Å². The van der Waals surface area contributed by atoms with E-state index >= 15 is 0 Å². The molecule has 1 aromatic carbocycles. The molecule has 3 aromatic rings. The second-order valence-corrected chi connectivity index (χ2v) is 6.75. The molecule has 3 rings (SSSR count). The second-order valence-electron chi connectivity index (χ2n) is 4.97. The predicted molar refractivity (Wildman–Crippen MR) is 94.2 cm³/mol. The van der Waals surface area contributed by atoms with Gasteiger partial charge in [-0.3, -0.25) is 0 Å². The van der Waals surface area contributed by atoms with Gasteiger partial charge < -0.3 is 8.98 Å². The van der Waals surface area contributed by atoms with Crippen LogP contribution in [0.1, 0.15) is 18.2 Å². The maximum absolute atomic E-state index is 6.22. The van der Waals surface area contributed by atoms with Crippen molar-refractivity contribution in [3.05, 3.63) is 51.9 Å². The quantitative estimate of drug-likeness (QED) is 0.561. The SMILES string of the molecule is CCn1c(SCc2ccc(Cl)cc2Cl)nnc1-c1ccoc1C. The summed E-state index contributed by atoms with van der Waals surface area (Å²) in [4.78, 5) is 0. The summed E-state index contributed by atoms with van der Waals surface area (Å²) in [6, 6.07) is 7.44. The smallest absolute Gasteiger partial charge is 0.191 e. The standard InChI is InChI=1S/C16H15Cl2N3OS/c1-3-21-15(13-6-7-22-10(13)2)19-20-16(21)23-9-11-4-5-12(17)8-14(11)18/h4-8H,3,9H2,1-2H3. The van der Waals surface area contributed by atoms with Gasteiger partial charge in [-0.15, -0.1) is 10.2 Å². The van der Waals surface area contributed by atoms with Gasteiger partial charge in [-0.25, -0.2) is 0 Å². The Hall–Kier alpha value is -1.43. The van der Waals surface area contributed by atoms with E-state index < -0.39 is 0 Å². The Labute approximate surface area is 148 Å². The normalized spacial score (nSPS) is 11.1. The fourth-order valence-electron chi connectivity index (χ4n) is 2.28. The molecular formula is C16H15Cl2N3OS. The molecular weight excluding hydrogens is 353 g/mol. The van der Waals surface area contributed by atoms with Gasteiger partial charge in [0.25, 0.3) is 0 Å². The van der Waals surface area contributed by atoms with Crippen molar-refractivity contribution in [2.45, 2.75) is 31.3 Å². The Kier molecular flexibility index (Phi) is 4.99. The molecule has 0 unspecified atom stereocenters. The first-order valence-electron chi connectivity index (χ1n) is 7.14. The monoisotopic (exact) mass is 367 g/mol. The Balaban J connectivity index is 1.84. The van der Waals surface area contributed by atoms with E-state index in [0.717, 1.165) is 34.4 Å². The van der Waals surface area contributed by atoms with Gasteiger partial charge in [-0.1, -0.05) is 41.0 Å². The van der Waals surface area contributed by atoms with Gasteiger partial charge in [0.1, 0.15) is 5.76 Å². The number of nitrogens with zero attached hydrogens (tertiary/aromatic N) is 3. The van der Waals surface area contributed by atoms with Gasteiger partial charge in [0.05, 0.1) is 11.8 Å². The highest BCUT2D eigenvalue weighted by molar-refractivity contribution is 7.98. The number of rotatable bonds is 5. The van der Waals surface area contributed by atoms with Crippen LogP contribution in [0.3, 0.4) is 0 Å². The number of hydrogen-bond acceptors (Lipinski definition) is 4. The molecule has 0 atom stereocenters. The third-order valence-corrected chi connectivity index (χ3v) is 5.11. The summed E-state index contributed by atoms with van der Waals surface area (Å²) in [6.45, 7) is 4.77. The molecule has 0 bridgehead atoms. The van der Waals surface area contributed by atoms with Crippen molar-refractivity contribution in [1.82, 2.24) is 14.8 Å². The summed E-state index contributed by atoms with van der Waals surface area (Å²) in [7, 11) is 0. The van der Waals surface area contributed by atoms with Crippen LogP contribution in [0, 0.1) is 6.92 Å². The van der Waals surface area contributed by atoms with Gasteiger partial charge in [-0.2, -0.15) is 0 Å². The molecule has 7 heteroatoms. The van der Waals surface area contributed by atoms with E-state index in [1.165, 1.54) is 0 Å². The van der Waals surface area contributed by atoms with Crippen LogP contribution >= 0.6 is 35.0 Å². The van der Waals surface area contributed by atoms with Crippen molar-refractivity contribution in [2.75, 3.05) is 0 Å². The van der Waals surface area contributed by atoms with Crippen LogP contribution in [0.15, 0.2) is 40.1 Å². The van der Waals surface area contributed by atoms with E-state index in [0.29, 0.717) is 15.8 Å². The van der Waals surface area contributed by atoms with Crippen LogP contribution in [-0.4, -0.2) is 14.8 Å². The number of thioether (sulfide) groups is 1. The molecule has 0 spiro atoms. The molecule has 0 amide bonds. The van der Waals surface area contributed by atoms with Crippen LogP contribution in [-0.2, 0) is 12.3 Å². The lowest BCUT2D eigenvalue weighted by Crippen LogP contribution is -2.00. The molecule has 23 heavy (non-hydrogen) atoms. The molecule has 120 valence electrons. The average Bonchev–Trinajstić information content (AvgIpc) is 3.11. The molecule has 0 N–H and O–H groups in total. The first-order chi connectivity index (χ1) is 11.1. The van der Waals surface area contributed by atoms with E-state index in [4.69, 9.17) is 27.6 Å². The fraction of sp³-hybridized carbons (Fsp3) is 0.250. The summed E-state index contributed by atoms with van der Waals surface area (Å²) < 4.78 is 7.44. The number of furan rings is 1. The maximum atomic E-state index is 6.22. The van der Waals surface area contributed by atoms with Crippen molar-refractivity contribution in [1.29, 1.82) is 0 Å². The molecule has 4 nitrogen and oxygen atoms in total. The van der Waals surface area contributed by atoms with Crippen LogP contribution in [0.5, 0.6) is 0 Å². The molecule has 0 aliphatic carbocycles.